The molecule has 1 N–H and O–H groups in total. The van der Waals surface area contributed by atoms with Gasteiger partial charge in [0.1, 0.15) is 0 Å². The Kier molecular flexibility index (Phi) is 8.02. The predicted molar refractivity (Wildman–Crippen MR) is 90.4 cm³/mol. The highest BCUT2D eigenvalue weighted by molar-refractivity contribution is 5.80. The molecule has 0 aromatic heterocycles. The maximum absolute atomic E-state index is 5.96. The first-order valence-corrected chi connectivity index (χ1v) is 8.89. The SMILES string of the molecule is CN=C(NCCCOC1CCCCC1)N1CCC(COC)C1. The lowest BCUT2D eigenvalue weighted by Crippen LogP contribution is -2.40. The van der Waals surface area contributed by atoms with E-state index in [4.69, 9.17) is 9.47 Å². The molecule has 2 aliphatic rings. The largest absolute Gasteiger partial charge is 0.384 e. The van der Waals surface area contributed by atoms with Crippen LogP contribution < -0.4 is 5.32 Å². The summed E-state index contributed by atoms with van der Waals surface area (Å²) in [7, 11) is 3.65. The van der Waals surface area contributed by atoms with Crippen LogP contribution in [-0.2, 0) is 9.47 Å². The number of hydrogen-bond donors (Lipinski definition) is 1. The number of nitrogens with one attached hydrogen (secondary N) is 1. The predicted octanol–water partition coefficient (Wildman–Crippen LogP) is 2.27. The minimum Gasteiger partial charge on any atom is -0.384 e. The number of hydrogen-bond acceptors (Lipinski definition) is 3. The first kappa shape index (κ1) is 17.5. The van der Waals surface area contributed by atoms with Crippen molar-refractivity contribution in [2.75, 3.05) is 47.0 Å². The van der Waals surface area contributed by atoms with Crippen LogP contribution in [0.3, 0.4) is 0 Å². The summed E-state index contributed by atoms with van der Waals surface area (Å²) in [6, 6.07) is 0. The lowest BCUT2D eigenvalue weighted by atomic mass is 9.98. The van der Waals surface area contributed by atoms with E-state index in [9.17, 15) is 0 Å². The molecule has 1 atom stereocenters. The van der Waals surface area contributed by atoms with Crippen LogP contribution in [0.2, 0.25) is 0 Å². The average Bonchev–Trinajstić information content (AvgIpc) is 3.01. The van der Waals surface area contributed by atoms with Crippen molar-refractivity contribution in [2.45, 2.75) is 51.0 Å². The molecule has 2 fully saturated rings. The zero-order chi connectivity index (χ0) is 15.6. The summed E-state index contributed by atoms with van der Waals surface area (Å²) in [5.74, 6) is 1.66. The monoisotopic (exact) mass is 311 g/mol. The second kappa shape index (κ2) is 10.1. The summed E-state index contributed by atoms with van der Waals surface area (Å²) in [5, 5.41) is 3.47. The van der Waals surface area contributed by atoms with Crippen LogP contribution in [0, 0.1) is 5.92 Å². The molecule has 22 heavy (non-hydrogen) atoms. The van der Waals surface area contributed by atoms with Gasteiger partial charge in [0.2, 0.25) is 0 Å². The lowest BCUT2D eigenvalue weighted by Gasteiger charge is -2.23. The number of ether oxygens (including phenoxy) is 2. The van der Waals surface area contributed by atoms with E-state index < -0.39 is 0 Å². The number of guanidine groups is 1. The van der Waals surface area contributed by atoms with E-state index in [1.54, 1.807) is 7.11 Å². The smallest absolute Gasteiger partial charge is 0.193 e. The van der Waals surface area contributed by atoms with Gasteiger partial charge in [-0.05, 0) is 25.7 Å². The molecular weight excluding hydrogens is 278 g/mol. The van der Waals surface area contributed by atoms with Crippen LogP contribution in [0.4, 0.5) is 0 Å². The highest BCUT2D eigenvalue weighted by Crippen LogP contribution is 2.20. The molecule has 1 heterocycles. The molecule has 1 saturated carbocycles. The van der Waals surface area contributed by atoms with Gasteiger partial charge in [-0.15, -0.1) is 0 Å². The standard InChI is InChI=1S/C17H33N3O2/c1-18-17(20-11-9-15(13-20)14-21-2)19-10-6-12-22-16-7-4-3-5-8-16/h15-16H,3-14H2,1-2H3,(H,18,19). The number of methoxy groups -OCH3 is 1. The normalized spacial score (nSPS) is 24.0. The van der Waals surface area contributed by atoms with Crippen molar-refractivity contribution >= 4 is 5.96 Å². The van der Waals surface area contributed by atoms with Gasteiger partial charge >= 0.3 is 0 Å². The van der Waals surface area contributed by atoms with Gasteiger partial charge in [0, 0.05) is 46.3 Å². The maximum atomic E-state index is 5.96. The third-order valence-electron chi connectivity index (χ3n) is 4.71. The van der Waals surface area contributed by atoms with Crippen LogP contribution in [0.5, 0.6) is 0 Å². The van der Waals surface area contributed by atoms with Crippen molar-refractivity contribution in [2.24, 2.45) is 10.9 Å². The van der Waals surface area contributed by atoms with Gasteiger partial charge < -0.3 is 19.7 Å². The molecule has 2 rings (SSSR count). The Morgan fingerprint density at radius 3 is 2.77 bits per heavy atom. The molecule has 5 heteroatoms. The molecule has 0 aromatic carbocycles. The summed E-state index contributed by atoms with van der Waals surface area (Å²) in [6.07, 6.45) is 9.33. The summed E-state index contributed by atoms with van der Waals surface area (Å²) < 4.78 is 11.2. The first-order chi connectivity index (χ1) is 10.8. The Bertz CT molecular complexity index is 330. The first-order valence-electron chi connectivity index (χ1n) is 8.89. The minimum absolute atomic E-state index is 0.515. The average molecular weight is 311 g/mol. The fraction of sp³-hybridized carbons (Fsp3) is 0.941. The quantitative estimate of drug-likeness (QED) is 0.445. The van der Waals surface area contributed by atoms with Crippen LogP contribution in [0.15, 0.2) is 4.99 Å². The third-order valence-corrected chi connectivity index (χ3v) is 4.71. The van der Waals surface area contributed by atoms with Gasteiger partial charge in [0.15, 0.2) is 5.96 Å². The van der Waals surface area contributed by atoms with Gasteiger partial charge in [-0.1, -0.05) is 19.3 Å². The molecule has 0 bridgehead atoms. The summed E-state index contributed by atoms with van der Waals surface area (Å²) in [5.41, 5.74) is 0. The van der Waals surface area contributed by atoms with Crippen molar-refractivity contribution in [3.63, 3.8) is 0 Å². The Labute approximate surface area is 135 Å². The molecule has 1 unspecified atom stereocenters. The van der Waals surface area contributed by atoms with Crippen molar-refractivity contribution in [1.29, 1.82) is 0 Å². The second-order valence-electron chi connectivity index (χ2n) is 6.51. The van der Waals surface area contributed by atoms with Gasteiger partial charge in [-0.25, -0.2) is 0 Å². The summed E-state index contributed by atoms with van der Waals surface area (Å²) >= 11 is 0. The molecule has 1 aliphatic heterocycles. The summed E-state index contributed by atoms with van der Waals surface area (Å²) in [6.45, 7) is 4.77. The van der Waals surface area contributed by atoms with Crippen molar-refractivity contribution in [3.05, 3.63) is 0 Å². The molecule has 0 aromatic rings. The minimum atomic E-state index is 0.515. The topological polar surface area (TPSA) is 46.1 Å². The summed E-state index contributed by atoms with van der Waals surface area (Å²) in [4.78, 5) is 6.74. The van der Waals surface area contributed by atoms with E-state index >= 15 is 0 Å². The van der Waals surface area contributed by atoms with E-state index in [-0.39, 0.29) is 0 Å². The fourth-order valence-electron chi connectivity index (χ4n) is 3.48. The molecule has 128 valence electrons. The highest BCUT2D eigenvalue weighted by atomic mass is 16.5. The fourth-order valence-corrected chi connectivity index (χ4v) is 3.48. The van der Waals surface area contributed by atoms with Gasteiger partial charge in [0.05, 0.1) is 12.7 Å². The van der Waals surface area contributed by atoms with E-state index in [2.05, 4.69) is 15.2 Å². The molecule has 0 radical (unpaired) electrons. The van der Waals surface area contributed by atoms with Crippen LogP contribution in [0.25, 0.3) is 0 Å². The Hall–Kier alpha value is -0.810. The van der Waals surface area contributed by atoms with Gasteiger partial charge in [-0.3, -0.25) is 4.99 Å². The van der Waals surface area contributed by atoms with Crippen LogP contribution in [-0.4, -0.2) is 64.0 Å². The van der Waals surface area contributed by atoms with Crippen molar-refractivity contribution in [1.82, 2.24) is 10.2 Å². The zero-order valence-corrected chi connectivity index (χ0v) is 14.4. The van der Waals surface area contributed by atoms with Gasteiger partial charge in [-0.2, -0.15) is 0 Å². The number of rotatable bonds is 7. The van der Waals surface area contributed by atoms with Crippen molar-refractivity contribution in [3.8, 4) is 0 Å². The van der Waals surface area contributed by atoms with E-state index in [1.165, 1.54) is 38.5 Å². The molecule has 1 aliphatic carbocycles. The molecular formula is C17H33N3O2. The molecule has 0 spiro atoms. The van der Waals surface area contributed by atoms with E-state index in [0.29, 0.717) is 12.0 Å². The van der Waals surface area contributed by atoms with E-state index in [1.807, 2.05) is 7.05 Å². The lowest BCUT2D eigenvalue weighted by molar-refractivity contribution is 0.0276. The Morgan fingerprint density at radius 1 is 1.23 bits per heavy atom. The number of aliphatic imine (C=N–C) groups is 1. The Morgan fingerprint density at radius 2 is 2.05 bits per heavy atom. The van der Waals surface area contributed by atoms with Crippen LogP contribution in [0.1, 0.15) is 44.9 Å². The molecule has 1 saturated heterocycles. The van der Waals surface area contributed by atoms with Crippen molar-refractivity contribution < 1.29 is 9.47 Å². The highest BCUT2D eigenvalue weighted by Gasteiger charge is 2.24. The number of likely N-dealkylation sites (tertiary alicyclic amines) is 1. The number of nitrogens with zero attached hydrogens (tertiary/aromatic N) is 2. The molecule has 5 nitrogen and oxygen atoms in total. The maximum Gasteiger partial charge on any atom is 0.193 e. The Balaban J connectivity index is 1.56. The van der Waals surface area contributed by atoms with Gasteiger partial charge in [0.25, 0.3) is 0 Å². The zero-order valence-electron chi connectivity index (χ0n) is 14.4. The van der Waals surface area contributed by atoms with E-state index in [0.717, 1.165) is 45.2 Å². The van der Waals surface area contributed by atoms with Crippen LogP contribution >= 0.6 is 0 Å². The molecule has 0 amide bonds. The third kappa shape index (κ3) is 5.76. The second-order valence-corrected chi connectivity index (χ2v) is 6.51.